The first-order chi connectivity index (χ1) is 11.3. The molecule has 1 fully saturated rings. The lowest BCUT2D eigenvalue weighted by atomic mass is 9.66. The van der Waals surface area contributed by atoms with E-state index < -0.39 is 60.4 Å². The van der Waals surface area contributed by atoms with E-state index in [0.29, 0.717) is 11.6 Å². The lowest BCUT2D eigenvalue weighted by molar-refractivity contribution is -0.217. The number of esters is 1. The fraction of sp³-hybridized carbons (Fsp3) is 0.733. The first kappa shape index (κ1) is 19.6. The van der Waals surface area contributed by atoms with Crippen LogP contribution in [-0.2, 0) is 17.2 Å². The van der Waals surface area contributed by atoms with Crippen LogP contribution in [-0.4, -0.2) is 34.7 Å². The van der Waals surface area contributed by atoms with Crippen molar-refractivity contribution >= 4 is 5.97 Å². The van der Waals surface area contributed by atoms with E-state index in [1.165, 1.54) is 13.8 Å². The standard InChI is InChI=1S/C15H18F6N2O2/c1-4-25-11(24)9-8(2)10(13(3,18)19)22-23(9)7-14(12(16)17)5-15(20,21)6-14/h12H,4-7H2,1-3H3. The second-order valence-electron chi connectivity index (χ2n) is 6.46. The summed E-state index contributed by atoms with van der Waals surface area (Å²) < 4.78 is 85.8. The van der Waals surface area contributed by atoms with Crippen LogP contribution in [0.4, 0.5) is 26.3 Å². The van der Waals surface area contributed by atoms with Crippen LogP contribution in [0.1, 0.15) is 48.4 Å². The number of hydrogen-bond acceptors (Lipinski definition) is 3. The minimum absolute atomic E-state index is 0.0701. The molecular weight excluding hydrogens is 354 g/mol. The van der Waals surface area contributed by atoms with Crippen LogP contribution in [0, 0.1) is 12.3 Å². The molecule has 0 amide bonds. The van der Waals surface area contributed by atoms with Gasteiger partial charge in [0.05, 0.1) is 18.6 Å². The van der Waals surface area contributed by atoms with E-state index in [4.69, 9.17) is 4.74 Å². The SMILES string of the molecule is CCOC(=O)c1c(C)c(C(C)(F)F)nn1CC1(C(F)F)CC(F)(F)C1. The molecule has 1 heterocycles. The van der Waals surface area contributed by atoms with Crippen molar-refractivity contribution in [2.75, 3.05) is 6.61 Å². The maximum atomic E-state index is 13.7. The fourth-order valence-corrected chi connectivity index (χ4v) is 3.15. The molecule has 0 N–H and O–H groups in total. The van der Waals surface area contributed by atoms with E-state index >= 15 is 0 Å². The summed E-state index contributed by atoms with van der Waals surface area (Å²) in [6, 6.07) is 0. The third-order valence-electron chi connectivity index (χ3n) is 4.22. The number of aromatic nitrogens is 2. The zero-order chi connectivity index (χ0) is 19.2. The molecular formula is C15H18F6N2O2. The maximum Gasteiger partial charge on any atom is 0.356 e. The van der Waals surface area contributed by atoms with Gasteiger partial charge in [-0.1, -0.05) is 0 Å². The molecule has 0 radical (unpaired) electrons. The second-order valence-corrected chi connectivity index (χ2v) is 6.46. The van der Waals surface area contributed by atoms with Gasteiger partial charge in [-0.15, -0.1) is 0 Å². The Morgan fingerprint density at radius 1 is 1.36 bits per heavy atom. The average Bonchev–Trinajstić information content (AvgIpc) is 2.73. The van der Waals surface area contributed by atoms with Crippen LogP contribution >= 0.6 is 0 Å². The number of nitrogens with zero attached hydrogens (tertiary/aromatic N) is 2. The van der Waals surface area contributed by atoms with Crippen LogP contribution in [0.2, 0.25) is 0 Å². The van der Waals surface area contributed by atoms with Gasteiger partial charge in [0, 0.05) is 25.3 Å². The molecule has 0 bridgehead atoms. The third-order valence-corrected chi connectivity index (χ3v) is 4.22. The summed E-state index contributed by atoms with van der Waals surface area (Å²) in [7, 11) is 0. The number of hydrogen-bond donors (Lipinski definition) is 0. The van der Waals surface area contributed by atoms with Crippen molar-refractivity contribution in [2.45, 2.75) is 58.4 Å². The van der Waals surface area contributed by atoms with Gasteiger partial charge in [-0.3, -0.25) is 4.68 Å². The largest absolute Gasteiger partial charge is 0.461 e. The van der Waals surface area contributed by atoms with Crippen LogP contribution in [0.5, 0.6) is 0 Å². The number of rotatable bonds is 6. The van der Waals surface area contributed by atoms with Crippen molar-refractivity contribution in [3.05, 3.63) is 17.0 Å². The third kappa shape index (κ3) is 3.62. The Labute approximate surface area is 140 Å². The number of ether oxygens (including phenoxy) is 1. The fourth-order valence-electron chi connectivity index (χ4n) is 3.15. The van der Waals surface area contributed by atoms with E-state index in [1.54, 1.807) is 0 Å². The van der Waals surface area contributed by atoms with E-state index in [-0.39, 0.29) is 12.2 Å². The summed E-state index contributed by atoms with van der Waals surface area (Å²) in [4.78, 5) is 12.1. The normalized spacial score (nSPS) is 19.0. The second kappa shape index (κ2) is 6.21. The molecule has 0 saturated heterocycles. The van der Waals surface area contributed by atoms with Gasteiger partial charge < -0.3 is 4.74 Å². The van der Waals surface area contributed by atoms with Gasteiger partial charge in [-0.2, -0.15) is 13.9 Å². The summed E-state index contributed by atoms with van der Waals surface area (Å²) in [5.74, 6) is -7.70. The van der Waals surface area contributed by atoms with Crippen LogP contribution in [0.15, 0.2) is 0 Å². The van der Waals surface area contributed by atoms with E-state index in [0.717, 1.165) is 0 Å². The Balaban J connectivity index is 2.47. The topological polar surface area (TPSA) is 44.1 Å². The van der Waals surface area contributed by atoms with Gasteiger partial charge in [0.15, 0.2) is 0 Å². The Bertz CT molecular complexity index is 658. The molecule has 1 saturated carbocycles. The van der Waals surface area contributed by atoms with Gasteiger partial charge in [-0.25, -0.2) is 22.4 Å². The van der Waals surface area contributed by atoms with E-state index in [2.05, 4.69) is 5.10 Å². The summed E-state index contributed by atoms with van der Waals surface area (Å²) in [6.07, 6.45) is -5.31. The lowest BCUT2D eigenvalue weighted by Gasteiger charge is -2.46. The molecule has 0 spiro atoms. The molecule has 1 aromatic rings. The Kier molecular flexibility index (Phi) is 4.86. The zero-order valence-electron chi connectivity index (χ0n) is 13.9. The van der Waals surface area contributed by atoms with Gasteiger partial charge in [-0.05, 0) is 13.8 Å². The number of alkyl halides is 6. The summed E-state index contributed by atoms with van der Waals surface area (Å²) in [6.45, 7) is 2.37. The van der Waals surface area contributed by atoms with Crippen molar-refractivity contribution < 1.29 is 35.9 Å². The predicted octanol–water partition coefficient (Wildman–Crippen LogP) is 4.16. The molecule has 0 aliphatic heterocycles. The van der Waals surface area contributed by atoms with Crippen LogP contribution in [0.3, 0.4) is 0 Å². The Morgan fingerprint density at radius 2 is 1.92 bits per heavy atom. The van der Waals surface area contributed by atoms with Crippen molar-refractivity contribution in [3.63, 3.8) is 0 Å². The summed E-state index contributed by atoms with van der Waals surface area (Å²) in [5.41, 5.74) is -3.54. The van der Waals surface area contributed by atoms with Crippen molar-refractivity contribution in [1.29, 1.82) is 0 Å². The minimum atomic E-state index is -3.43. The number of carbonyl (C=O) groups excluding carboxylic acids is 1. The average molecular weight is 372 g/mol. The van der Waals surface area contributed by atoms with Crippen LogP contribution in [0.25, 0.3) is 0 Å². The van der Waals surface area contributed by atoms with Gasteiger partial charge in [0.25, 0.3) is 5.92 Å². The lowest BCUT2D eigenvalue weighted by Crippen LogP contribution is -2.53. The molecule has 1 aliphatic carbocycles. The number of carbonyl (C=O) groups is 1. The first-order valence-electron chi connectivity index (χ1n) is 7.62. The number of halogens is 6. The maximum absolute atomic E-state index is 13.7. The molecule has 2 rings (SSSR count). The Hall–Kier alpha value is -1.74. The van der Waals surface area contributed by atoms with E-state index in [9.17, 15) is 31.1 Å². The highest BCUT2D eigenvalue weighted by Gasteiger charge is 2.62. The molecule has 0 atom stereocenters. The first-order valence-corrected chi connectivity index (χ1v) is 7.62. The highest BCUT2D eigenvalue weighted by molar-refractivity contribution is 5.89. The smallest absolute Gasteiger partial charge is 0.356 e. The van der Waals surface area contributed by atoms with Gasteiger partial charge in [0.1, 0.15) is 11.4 Å². The molecule has 1 aromatic heterocycles. The molecule has 0 unspecified atom stereocenters. The highest BCUT2D eigenvalue weighted by atomic mass is 19.3. The van der Waals surface area contributed by atoms with Gasteiger partial charge >= 0.3 is 5.97 Å². The monoisotopic (exact) mass is 372 g/mol. The molecule has 0 aromatic carbocycles. The summed E-state index contributed by atoms with van der Waals surface area (Å²) in [5, 5.41) is 3.57. The molecule has 4 nitrogen and oxygen atoms in total. The quantitative estimate of drug-likeness (QED) is 0.556. The van der Waals surface area contributed by atoms with Gasteiger partial charge in [0.2, 0.25) is 12.3 Å². The van der Waals surface area contributed by atoms with Crippen molar-refractivity contribution in [1.82, 2.24) is 9.78 Å². The minimum Gasteiger partial charge on any atom is -0.461 e. The predicted molar refractivity (Wildman–Crippen MR) is 75.1 cm³/mol. The zero-order valence-corrected chi connectivity index (χ0v) is 13.9. The molecule has 25 heavy (non-hydrogen) atoms. The van der Waals surface area contributed by atoms with Crippen molar-refractivity contribution in [3.8, 4) is 0 Å². The Morgan fingerprint density at radius 3 is 2.32 bits per heavy atom. The van der Waals surface area contributed by atoms with Crippen LogP contribution < -0.4 is 0 Å². The summed E-state index contributed by atoms with van der Waals surface area (Å²) >= 11 is 0. The molecule has 10 heteroatoms. The van der Waals surface area contributed by atoms with Crippen molar-refractivity contribution in [2.24, 2.45) is 5.41 Å². The molecule has 142 valence electrons. The highest BCUT2D eigenvalue weighted by Crippen LogP contribution is 2.56. The van der Waals surface area contributed by atoms with E-state index in [1.807, 2.05) is 0 Å². The molecule has 1 aliphatic rings.